The molecule has 3 N–H and O–H groups in total. The van der Waals surface area contributed by atoms with Crippen LogP contribution in [0.3, 0.4) is 0 Å². The van der Waals surface area contributed by atoms with Crippen LogP contribution in [0.4, 0.5) is 5.69 Å². The van der Waals surface area contributed by atoms with Crippen LogP contribution in [0, 0.1) is 0 Å². The topological polar surface area (TPSA) is 64.3 Å². The molecule has 0 aliphatic heterocycles. The Kier molecular flexibility index (Phi) is 5.14. The van der Waals surface area contributed by atoms with Crippen molar-refractivity contribution in [2.24, 2.45) is 5.73 Å². The lowest BCUT2D eigenvalue weighted by Crippen LogP contribution is -2.19. The van der Waals surface area contributed by atoms with Gasteiger partial charge in [0.05, 0.1) is 5.69 Å². The third kappa shape index (κ3) is 4.44. The van der Waals surface area contributed by atoms with Gasteiger partial charge >= 0.3 is 0 Å². The molecular formula is C15H13ClN2O2S. The summed E-state index contributed by atoms with van der Waals surface area (Å²) in [5, 5.41) is 3.35. The summed E-state index contributed by atoms with van der Waals surface area (Å²) in [6.07, 6.45) is 0. The maximum Gasteiger partial charge on any atom is 0.255 e. The second-order valence-electron chi connectivity index (χ2n) is 4.21. The van der Waals surface area contributed by atoms with E-state index in [2.05, 4.69) is 5.32 Å². The summed E-state index contributed by atoms with van der Waals surface area (Å²) in [6.45, 7) is 0.114. The Morgan fingerprint density at radius 1 is 1.19 bits per heavy atom. The van der Waals surface area contributed by atoms with Crippen molar-refractivity contribution in [2.75, 3.05) is 11.9 Å². The van der Waals surface area contributed by atoms with Gasteiger partial charge in [-0.1, -0.05) is 36.0 Å². The first-order valence-electron chi connectivity index (χ1n) is 6.13. The van der Waals surface area contributed by atoms with Crippen LogP contribution in [0.15, 0.2) is 48.5 Å². The van der Waals surface area contributed by atoms with Crippen molar-refractivity contribution in [2.45, 2.75) is 0 Å². The molecule has 0 unspecified atom stereocenters. The normalized spacial score (nSPS) is 9.95. The highest BCUT2D eigenvalue weighted by atomic mass is 35.5. The summed E-state index contributed by atoms with van der Waals surface area (Å²) in [5.41, 5.74) is 6.46. The average Bonchev–Trinajstić information content (AvgIpc) is 2.47. The highest BCUT2D eigenvalue weighted by molar-refractivity contribution is 7.80. The van der Waals surface area contributed by atoms with E-state index >= 15 is 0 Å². The van der Waals surface area contributed by atoms with Gasteiger partial charge in [0.2, 0.25) is 0 Å². The molecule has 2 aromatic rings. The van der Waals surface area contributed by atoms with Gasteiger partial charge in [0.15, 0.2) is 0 Å². The SMILES string of the molecule is NC(=S)COc1ccccc1NC(=O)c1ccc(Cl)cc1. The zero-order chi connectivity index (χ0) is 15.2. The molecule has 0 saturated heterocycles. The van der Waals surface area contributed by atoms with Gasteiger partial charge in [-0.05, 0) is 36.4 Å². The summed E-state index contributed by atoms with van der Waals surface area (Å²) < 4.78 is 5.45. The summed E-state index contributed by atoms with van der Waals surface area (Å²) >= 11 is 10.6. The molecule has 0 spiro atoms. The molecule has 0 aliphatic rings. The lowest BCUT2D eigenvalue weighted by Gasteiger charge is -2.12. The minimum Gasteiger partial charge on any atom is -0.484 e. The zero-order valence-electron chi connectivity index (χ0n) is 11.0. The number of hydrogen-bond acceptors (Lipinski definition) is 3. The molecule has 0 saturated carbocycles. The smallest absolute Gasteiger partial charge is 0.255 e. The van der Waals surface area contributed by atoms with Gasteiger partial charge < -0.3 is 15.8 Å². The van der Waals surface area contributed by atoms with Crippen molar-refractivity contribution in [3.63, 3.8) is 0 Å². The number of nitrogens with two attached hydrogens (primary N) is 1. The fraction of sp³-hybridized carbons (Fsp3) is 0.0667. The molecule has 2 rings (SSSR count). The lowest BCUT2D eigenvalue weighted by molar-refractivity contribution is 0.102. The molecule has 6 heteroatoms. The third-order valence-electron chi connectivity index (χ3n) is 2.61. The molecule has 0 fully saturated rings. The molecule has 0 atom stereocenters. The van der Waals surface area contributed by atoms with Crippen LogP contribution < -0.4 is 15.8 Å². The first-order chi connectivity index (χ1) is 10.1. The highest BCUT2D eigenvalue weighted by Gasteiger charge is 2.09. The third-order valence-corrected chi connectivity index (χ3v) is 2.98. The number of ether oxygens (including phenoxy) is 1. The highest BCUT2D eigenvalue weighted by Crippen LogP contribution is 2.24. The van der Waals surface area contributed by atoms with E-state index in [1.165, 1.54) is 0 Å². The van der Waals surface area contributed by atoms with Crippen molar-refractivity contribution in [3.05, 3.63) is 59.1 Å². The average molecular weight is 321 g/mol. The Morgan fingerprint density at radius 2 is 1.86 bits per heavy atom. The fourth-order valence-electron chi connectivity index (χ4n) is 1.64. The van der Waals surface area contributed by atoms with Gasteiger partial charge in [-0.2, -0.15) is 0 Å². The molecule has 1 amide bonds. The second kappa shape index (κ2) is 7.06. The number of nitrogens with one attached hydrogen (secondary N) is 1. The predicted octanol–water partition coefficient (Wildman–Crippen LogP) is 3.26. The van der Waals surface area contributed by atoms with Crippen LogP contribution >= 0.6 is 23.8 Å². The minimum atomic E-state index is -0.252. The molecular weight excluding hydrogens is 308 g/mol. The van der Waals surface area contributed by atoms with Crippen LogP contribution in [0.25, 0.3) is 0 Å². The van der Waals surface area contributed by atoms with E-state index in [4.69, 9.17) is 34.3 Å². The quantitative estimate of drug-likeness (QED) is 0.830. The molecule has 0 radical (unpaired) electrons. The maximum absolute atomic E-state index is 12.2. The van der Waals surface area contributed by atoms with E-state index < -0.39 is 0 Å². The number of carbonyl (C=O) groups is 1. The minimum absolute atomic E-state index is 0.114. The molecule has 21 heavy (non-hydrogen) atoms. The monoisotopic (exact) mass is 320 g/mol. The van der Waals surface area contributed by atoms with Gasteiger partial charge in [0.25, 0.3) is 5.91 Å². The van der Waals surface area contributed by atoms with Crippen LogP contribution in [-0.2, 0) is 0 Å². The van der Waals surface area contributed by atoms with Gasteiger partial charge in [-0.15, -0.1) is 0 Å². The van der Waals surface area contributed by atoms with Gasteiger partial charge in [-0.25, -0.2) is 0 Å². The summed E-state index contributed by atoms with van der Waals surface area (Å²) in [7, 11) is 0. The largest absolute Gasteiger partial charge is 0.484 e. The van der Waals surface area contributed by atoms with Crippen LogP contribution in [0.1, 0.15) is 10.4 Å². The number of amides is 1. The number of carbonyl (C=O) groups excluding carboxylic acids is 1. The Bertz CT molecular complexity index is 659. The number of para-hydroxylation sites is 2. The van der Waals surface area contributed by atoms with E-state index in [0.29, 0.717) is 22.0 Å². The molecule has 4 nitrogen and oxygen atoms in total. The predicted molar refractivity (Wildman–Crippen MR) is 88.1 cm³/mol. The Hall–Kier alpha value is -2.11. The maximum atomic E-state index is 12.2. The van der Waals surface area contributed by atoms with Gasteiger partial charge in [0, 0.05) is 10.6 Å². The van der Waals surface area contributed by atoms with E-state index in [-0.39, 0.29) is 17.5 Å². The van der Waals surface area contributed by atoms with Crippen molar-refractivity contribution in [1.82, 2.24) is 0 Å². The number of hydrogen-bond donors (Lipinski definition) is 2. The number of anilines is 1. The number of benzene rings is 2. The molecule has 2 aromatic carbocycles. The molecule has 108 valence electrons. The first kappa shape index (κ1) is 15.3. The van der Waals surface area contributed by atoms with E-state index in [0.717, 1.165) is 0 Å². The Balaban J connectivity index is 2.13. The molecule has 0 aromatic heterocycles. The van der Waals surface area contributed by atoms with Crippen LogP contribution in [0.5, 0.6) is 5.75 Å². The fourth-order valence-corrected chi connectivity index (χ4v) is 1.83. The van der Waals surface area contributed by atoms with Gasteiger partial charge in [0.1, 0.15) is 17.3 Å². The van der Waals surface area contributed by atoms with Crippen molar-refractivity contribution >= 4 is 40.4 Å². The van der Waals surface area contributed by atoms with E-state index in [1.54, 1.807) is 48.5 Å². The van der Waals surface area contributed by atoms with Crippen molar-refractivity contribution in [1.29, 1.82) is 0 Å². The molecule has 0 bridgehead atoms. The zero-order valence-corrected chi connectivity index (χ0v) is 12.6. The first-order valence-corrected chi connectivity index (χ1v) is 6.92. The van der Waals surface area contributed by atoms with Crippen molar-refractivity contribution in [3.8, 4) is 5.75 Å². The number of halogens is 1. The summed E-state index contributed by atoms with van der Waals surface area (Å²) in [4.78, 5) is 12.4. The van der Waals surface area contributed by atoms with Crippen LogP contribution in [0.2, 0.25) is 5.02 Å². The van der Waals surface area contributed by atoms with Crippen molar-refractivity contribution < 1.29 is 9.53 Å². The van der Waals surface area contributed by atoms with E-state index in [9.17, 15) is 4.79 Å². The number of rotatable bonds is 5. The Labute approximate surface area is 132 Å². The van der Waals surface area contributed by atoms with Gasteiger partial charge in [-0.3, -0.25) is 4.79 Å². The van der Waals surface area contributed by atoms with Crippen LogP contribution in [-0.4, -0.2) is 17.5 Å². The second-order valence-corrected chi connectivity index (χ2v) is 5.17. The van der Waals surface area contributed by atoms with E-state index in [1.807, 2.05) is 0 Å². The number of thiocarbonyl (C=S) groups is 1. The standard InChI is InChI=1S/C15H13ClN2O2S/c16-11-7-5-10(6-8-11)15(19)18-12-3-1-2-4-13(12)20-9-14(17)21/h1-8H,9H2,(H2,17,21)(H,18,19). The Morgan fingerprint density at radius 3 is 2.52 bits per heavy atom. The molecule has 0 heterocycles. The lowest BCUT2D eigenvalue weighted by atomic mass is 10.2. The summed E-state index contributed by atoms with van der Waals surface area (Å²) in [5.74, 6) is 0.255. The molecule has 0 aliphatic carbocycles. The summed E-state index contributed by atoms with van der Waals surface area (Å²) in [6, 6.07) is 13.7.